The van der Waals surface area contributed by atoms with Crippen molar-refractivity contribution in [1.82, 2.24) is 0 Å². The molecule has 1 aromatic heterocycles. The third-order valence-electron chi connectivity index (χ3n) is 4.79. The highest BCUT2D eigenvalue weighted by atomic mass is 35.5. The fraction of sp³-hybridized carbons (Fsp3) is 0.0870. The molecular formula is C23H17ClO5S. The summed E-state index contributed by atoms with van der Waals surface area (Å²) in [6, 6.07) is 19.9. The normalized spacial score (nSPS) is 11.5. The van der Waals surface area contributed by atoms with Crippen molar-refractivity contribution in [2.24, 2.45) is 0 Å². The van der Waals surface area contributed by atoms with E-state index in [9.17, 15) is 13.2 Å². The van der Waals surface area contributed by atoms with Crippen LogP contribution in [0.2, 0.25) is 5.02 Å². The molecular weight excluding hydrogens is 424 g/mol. The van der Waals surface area contributed by atoms with Gasteiger partial charge in [-0.2, -0.15) is 8.42 Å². The Balaban J connectivity index is 1.69. The van der Waals surface area contributed by atoms with Gasteiger partial charge in [-0.3, -0.25) is 0 Å². The Hall–Kier alpha value is -3.09. The molecule has 0 aliphatic rings. The average Bonchev–Trinajstić information content (AvgIpc) is 2.72. The third kappa shape index (κ3) is 4.10. The summed E-state index contributed by atoms with van der Waals surface area (Å²) in [4.78, 5) is 12.5. The number of rotatable bonds is 5. The third-order valence-corrected chi connectivity index (χ3v) is 6.30. The highest BCUT2D eigenvalue weighted by Gasteiger charge is 2.18. The maximum atomic E-state index is 12.6. The Kier molecular flexibility index (Phi) is 5.37. The van der Waals surface area contributed by atoms with Gasteiger partial charge in [0.1, 0.15) is 16.2 Å². The second kappa shape index (κ2) is 7.97. The molecule has 0 amide bonds. The summed E-state index contributed by atoms with van der Waals surface area (Å²) in [5.74, 6) is 0.0517. The summed E-state index contributed by atoms with van der Waals surface area (Å²) in [5, 5.41) is 1.14. The van der Waals surface area contributed by atoms with Gasteiger partial charge in [0.25, 0.3) is 0 Å². The second-order valence-corrected chi connectivity index (χ2v) is 8.79. The second-order valence-electron chi connectivity index (χ2n) is 6.80. The Morgan fingerprint density at radius 1 is 0.967 bits per heavy atom. The zero-order valence-electron chi connectivity index (χ0n) is 16.0. The first-order valence-electron chi connectivity index (χ1n) is 9.14. The van der Waals surface area contributed by atoms with Crippen molar-refractivity contribution in [3.63, 3.8) is 0 Å². The average molecular weight is 441 g/mol. The topological polar surface area (TPSA) is 73.6 Å². The minimum absolute atomic E-state index is 0.0251. The minimum Gasteiger partial charge on any atom is -0.422 e. The lowest BCUT2D eigenvalue weighted by Gasteiger charge is -2.10. The first-order chi connectivity index (χ1) is 14.3. The van der Waals surface area contributed by atoms with E-state index in [0.717, 1.165) is 16.5 Å². The molecule has 0 aliphatic heterocycles. The maximum absolute atomic E-state index is 12.6. The molecule has 4 aromatic rings. The van der Waals surface area contributed by atoms with Gasteiger partial charge < -0.3 is 8.60 Å². The van der Waals surface area contributed by atoms with Gasteiger partial charge in [0.2, 0.25) is 0 Å². The van der Waals surface area contributed by atoms with E-state index in [2.05, 4.69) is 0 Å². The van der Waals surface area contributed by atoms with Crippen LogP contribution in [0.25, 0.3) is 11.0 Å². The van der Waals surface area contributed by atoms with Crippen LogP contribution >= 0.6 is 11.6 Å². The molecule has 0 atom stereocenters. The summed E-state index contributed by atoms with van der Waals surface area (Å²) in [6.07, 6.45) is 0.453. The van der Waals surface area contributed by atoms with Gasteiger partial charge in [0.15, 0.2) is 0 Å². The van der Waals surface area contributed by atoms with Crippen LogP contribution in [-0.4, -0.2) is 8.42 Å². The molecule has 0 N–H and O–H groups in total. The van der Waals surface area contributed by atoms with Gasteiger partial charge >= 0.3 is 15.7 Å². The molecule has 1 heterocycles. The molecule has 0 spiro atoms. The fourth-order valence-electron chi connectivity index (χ4n) is 3.21. The van der Waals surface area contributed by atoms with E-state index in [0.29, 0.717) is 17.0 Å². The summed E-state index contributed by atoms with van der Waals surface area (Å²) in [6.45, 7) is 1.85. The quantitative estimate of drug-likeness (QED) is 0.318. The SMILES string of the molecule is Cc1c(Cc2ccccc2)c(=O)oc2cc(OS(=O)(=O)c3ccc(Cl)cc3)ccc12. The molecule has 0 radical (unpaired) electrons. The standard InChI is InChI=1S/C23H17ClO5S/c1-15-20-12-9-18(29-30(26,27)19-10-7-17(24)8-11-19)14-22(20)28-23(25)21(15)13-16-5-3-2-4-6-16/h2-12,14H,13H2,1H3. The maximum Gasteiger partial charge on any atom is 0.340 e. The largest absolute Gasteiger partial charge is 0.422 e. The van der Waals surface area contributed by atoms with E-state index in [1.807, 2.05) is 37.3 Å². The Morgan fingerprint density at radius 2 is 1.67 bits per heavy atom. The van der Waals surface area contributed by atoms with Gasteiger partial charge in [-0.1, -0.05) is 41.9 Å². The van der Waals surface area contributed by atoms with E-state index in [-0.39, 0.29) is 16.2 Å². The van der Waals surface area contributed by atoms with Crippen molar-refractivity contribution < 1.29 is 17.0 Å². The van der Waals surface area contributed by atoms with Gasteiger partial charge in [-0.15, -0.1) is 0 Å². The number of hydrogen-bond acceptors (Lipinski definition) is 5. The van der Waals surface area contributed by atoms with Crippen LogP contribution < -0.4 is 9.81 Å². The van der Waals surface area contributed by atoms with Crippen molar-refractivity contribution in [1.29, 1.82) is 0 Å². The molecule has 4 rings (SSSR count). The van der Waals surface area contributed by atoms with Crippen LogP contribution in [0.4, 0.5) is 0 Å². The van der Waals surface area contributed by atoms with E-state index in [1.54, 1.807) is 6.07 Å². The van der Waals surface area contributed by atoms with E-state index >= 15 is 0 Å². The highest BCUT2D eigenvalue weighted by Crippen LogP contribution is 2.27. The molecule has 7 heteroatoms. The van der Waals surface area contributed by atoms with Crippen LogP contribution in [0.1, 0.15) is 16.7 Å². The lowest BCUT2D eigenvalue weighted by Crippen LogP contribution is -2.12. The lowest BCUT2D eigenvalue weighted by molar-refractivity contribution is 0.485. The molecule has 5 nitrogen and oxygen atoms in total. The molecule has 3 aromatic carbocycles. The van der Waals surface area contributed by atoms with Gasteiger partial charge in [0, 0.05) is 28.5 Å². The van der Waals surface area contributed by atoms with Crippen LogP contribution in [0.3, 0.4) is 0 Å². The van der Waals surface area contributed by atoms with Crippen LogP contribution in [0.5, 0.6) is 5.75 Å². The Labute approximate surface area is 178 Å². The van der Waals surface area contributed by atoms with Crippen molar-refractivity contribution in [3.05, 3.63) is 105 Å². The molecule has 0 saturated heterocycles. The Bertz CT molecular complexity index is 1380. The van der Waals surface area contributed by atoms with Crippen molar-refractivity contribution in [2.45, 2.75) is 18.2 Å². The van der Waals surface area contributed by atoms with E-state index in [1.165, 1.54) is 36.4 Å². The zero-order valence-corrected chi connectivity index (χ0v) is 17.5. The lowest BCUT2D eigenvalue weighted by atomic mass is 10.00. The summed E-state index contributed by atoms with van der Waals surface area (Å²) < 4.78 is 35.6. The van der Waals surface area contributed by atoms with Crippen LogP contribution in [0, 0.1) is 6.92 Å². The number of hydrogen-bond donors (Lipinski definition) is 0. The van der Waals surface area contributed by atoms with Crippen molar-refractivity contribution in [2.75, 3.05) is 0 Å². The first-order valence-corrected chi connectivity index (χ1v) is 10.9. The molecule has 0 aliphatic carbocycles. The fourth-order valence-corrected chi connectivity index (χ4v) is 4.26. The molecule has 0 unspecified atom stereocenters. The van der Waals surface area contributed by atoms with Gasteiger partial charge in [-0.25, -0.2) is 4.79 Å². The minimum atomic E-state index is -4.05. The molecule has 30 heavy (non-hydrogen) atoms. The molecule has 0 saturated carbocycles. The molecule has 152 valence electrons. The molecule has 0 fully saturated rings. The monoisotopic (exact) mass is 440 g/mol. The van der Waals surface area contributed by atoms with Crippen LogP contribution in [-0.2, 0) is 16.5 Å². The zero-order chi connectivity index (χ0) is 21.3. The number of halogens is 1. The number of fused-ring (bicyclic) bond motifs is 1. The van der Waals surface area contributed by atoms with E-state index < -0.39 is 15.7 Å². The number of aryl methyl sites for hydroxylation is 1. The predicted molar refractivity (Wildman–Crippen MR) is 116 cm³/mol. The number of benzene rings is 3. The summed E-state index contributed by atoms with van der Waals surface area (Å²) in [7, 11) is -4.05. The smallest absolute Gasteiger partial charge is 0.340 e. The van der Waals surface area contributed by atoms with Gasteiger partial charge in [-0.05, 0) is 54.4 Å². The Morgan fingerprint density at radius 3 is 2.37 bits per heavy atom. The first kappa shape index (κ1) is 20.2. The van der Waals surface area contributed by atoms with Crippen LogP contribution in [0.15, 0.2) is 86.9 Å². The summed E-state index contributed by atoms with van der Waals surface area (Å²) >= 11 is 5.80. The van der Waals surface area contributed by atoms with Crippen molar-refractivity contribution >= 4 is 32.7 Å². The predicted octanol–water partition coefficient (Wildman–Crippen LogP) is 5.11. The molecule has 0 bridgehead atoms. The van der Waals surface area contributed by atoms with Crippen molar-refractivity contribution in [3.8, 4) is 5.75 Å². The summed E-state index contributed by atoms with van der Waals surface area (Å²) in [5.41, 5.74) is 2.16. The van der Waals surface area contributed by atoms with Gasteiger partial charge in [0.05, 0.1) is 0 Å². The van der Waals surface area contributed by atoms with E-state index in [4.69, 9.17) is 20.2 Å². The highest BCUT2D eigenvalue weighted by molar-refractivity contribution is 7.87.